The third-order valence-electron chi connectivity index (χ3n) is 2.05. The predicted octanol–water partition coefficient (Wildman–Crippen LogP) is 1.75. The maximum Gasteiger partial charge on any atom is 0.313 e. The fraction of sp³-hybridized carbons (Fsp3) is 0.308. The average molecular weight is 250 g/mol. The van der Waals surface area contributed by atoms with Gasteiger partial charge in [-0.25, -0.2) is 0 Å². The molecule has 0 aromatic heterocycles. The summed E-state index contributed by atoms with van der Waals surface area (Å²) in [5, 5.41) is 0. The molecule has 0 saturated carbocycles. The first-order valence-corrected chi connectivity index (χ1v) is 5.50. The molecule has 0 amide bonds. The van der Waals surface area contributed by atoms with Crippen molar-refractivity contribution in [3.8, 4) is 5.75 Å². The van der Waals surface area contributed by atoms with Crippen molar-refractivity contribution in [3.05, 3.63) is 29.8 Å². The molecule has 1 aromatic carbocycles. The molecule has 0 bridgehead atoms. The highest BCUT2D eigenvalue weighted by molar-refractivity contribution is 6.05. The zero-order valence-electron chi connectivity index (χ0n) is 10.3. The van der Waals surface area contributed by atoms with Gasteiger partial charge in [-0.1, -0.05) is 0 Å². The lowest BCUT2D eigenvalue weighted by Crippen LogP contribution is -2.11. The molecule has 96 valence electrons. The fourth-order valence-corrected chi connectivity index (χ4v) is 1.32. The van der Waals surface area contributed by atoms with Crippen LogP contribution >= 0.6 is 0 Å². The predicted molar refractivity (Wildman–Crippen MR) is 63.3 cm³/mol. The summed E-state index contributed by atoms with van der Waals surface area (Å²) in [4.78, 5) is 33.5. The van der Waals surface area contributed by atoms with Crippen molar-refractivity contribution < 1.29 is 23.9 Å². The second kappa shape index (κ2) is 6.54. The maximum atomic E-state index is 11.7. The Balaban J connectivity index is 2.64. The molecule has 0 spiro atoms. The Morgan fingerprint density at radius 1 is 1.11 bits per heavy atom. The van der Waals surface area contributed by atoms with Crippen LogP contribution in [0.5, 0.6) is 5.75 Å². The van der Waals surface area contributed by atoms with Crippen molar-refractivity contribution in [2.24, 2.45) is 0 Å². The number of ketones is 1. The summed E-state index contributed by atoms with van der Waals surface area (Å²) >= 11 is 0. The Labute approximate surface area is 105 Å². The molecule has 0 unspecified atom stereocenters. The number of hydrogen-bond acceptors (Lipinski definition) is 5. The Morgan fingerprint density at radius 2 is 1.72 bits per heavy atom. The van der Waals surface area contributed by atoms with Crippen LogP contribution in [-0.4, -0.2) is 24.3 Å². The van der Waals surface area contributed by atoms with E-state index >= 15 is 0 Å². The molecule has 0 aliphatic rings. The molecule has 0 aliphatic heterocycles. The number of esters is 2. The number of carbonyl (C=O) groups excluding carboxylic acids is 3. The first kappa shape index (κ1) is 13.9. The van der Waals surface area contributed by atoms with Crippen LogP contribution in [-0.2, 0) is 14.3 Å². The largest absolute Gasteiger partial charge is 0.466 e. The number of rotatable bonds is 5. The monoisotopic (exact) mass is 250 g/mol. The van der Waals surface area contributed by atoms with Crippen molar-refractivity contribution in [1.29, 1.82) is 0 Å². The first-order valence-electron chi connectivity index (χ1n) is 5.50. The number of benzene rings is 1. The SMILES string of the molecule is CCOC(=O)CC(=O)c1ccc(OC(C)=O)cc1. The summed E-state index contributed by atoms with van der Waals surface area (Å²) in [5.41, 5.74) is 0.374. The topological polar surface area (TPSA) is 69.7 Å². The highest BCUT2D eigenvalue weighted by Gasteiger charge is 2.12. The molecule has 0 fully saturated rings. The van der Waals surface area contributed by atoms with Gasteiger partial charge in [0.05, 0.1) is 6.61 Å². The standard InChI is InChI=1S/C13H14O5/c1-3-17-13(16)8-12(15)10-4-6-11(7-5-10)18-9(2)14/h4-7H,3,8H2,1-2H3. The van der Waals surface area contributed by atoms with E-state index in [1.165, 1.54) is 31.2 Å². The van der Waals surface area contributed by atoms with Crippen LogP contribution in [0.1, 0.15) is 30.6 Å². The molecule has 1 aromatic rings. The zero-order chi connectivity index (χ0) is 13.5. The van der Waals surface area contributed by atoms with E-state index in [0.29, 0.717) is 11.3 Å². The number of Topliss-reactive ketones (excluding diaryl/α,β-unsaturated/α-hetero) is 1. The van der Waals surface area contributed by atoms with E-state index in [9.17, 15) is 14.4 Å². The van der Waals surface area contributed by atoms with Gasteiger partial charge in [-0.2, -0.15) is 0 Å². The van der Waals surface area contributed by atoms with Crippen LogP contribution in [0.3, 0.4) is 0 Å². The van der Waals surface area contributed by atoms with Gasteiger partial charge in [0.15, 0.2) is 5.78 Å². The minimum absolute atomic E-state index is 0.248. The normalized spacial score (nSPS) is 9.67. The van der Waals surface area contributed by atoms with Crippen LogP contribution in [0.2, 0.25) is 0 Å². The summed E-state index contributed by atoms with van der Waals surface area (Å²) in [6, 6.07) is 6.00. The lowest BCUT2D eigenvalue weighted by Gasteiger charge is -2.03. The molecule has 0 saturated heterocycles. The highest BCUT2D eigenvalue weighted by atomic mass is 16.5. The molecular weight excluding hydrogens is 236 g/mol. The summed E-state index contributed by atoms with van der Waals surface area (Å²) in [6.07, 6.45) is -0.291. The van der Waals surface area contributed by atoms with Gasteiger partial charge < -0.3 is 9.47 Å². The number of ether oxygens (including phenoxy) is 2. The maximum absolute atomic E-state index is 11.7. The molecule has 0 atom stereocenters. The third-order valence-corrected chi connectivity index (χ3v) is 2.05. The molecule has 0 aliphatic carbocycles. The Morgan fingerprint density at radius 3 is 2.22 bits per heavy atom. The molecule has 0 heterocycles. The van der Waals surface area contributed by atoms with E-state index in [2.05, 4.69) is 4.74 Å². The Kier molecular flexibility index (Phi) is 5.05. The third kappa shape index (κ3) is 4.37. The lowest BCUT2D eigenvalue weighted by molar-refractivity contribution is -0.142. The number of carbonyl (C=O) groups is 3. The van der Waals surface area contributed by atoms with E-state index < -0.39 is 11.9 Å². The molecule has 1 rings (SSSR count). The van der Waals surface area contributed by atoms with Crippen molar-refractivity contribution in [1.82, 2.24) is 0 Å². The summed E-state index contributed by atoms with van der Waals surface area (Å²) in [7, 11) is 0. The van der Waals surface area contributed by atoms with E-state index in [4.69, 9.17) is 4.74 Å². The van der Waals surface area contributed by atoms with Crippen LogP contribution in [0.4, 0.5) is 0 Å². The van der Waals surface area contributed by atoms with Gasteiger partial charge in [0.2, 0.25) is 0 Å². The molecule has 5 nitrogen and oxygen atoms in total. The van der Waals surface area contributed by atoms with Crippen LogP contribution < -0.4 is 4.74 Å². The Hall–Kier alpha value is -2.17. The van der Waals surface area contributed by atoms with Gasteiger partial charge in [0.1, 0.15) is 12.2 Å². The van der Waals surface area contributed by atoms with Gasteiger partial charge in [-0.05, 0) is 31.2 Å². The fourth-order valence-electron chi connectivity index (χ4n) is 1.32. The average Bonchev–Trinajstić information content (AvgIpc) is 2.29. The summed E-state index contributed by atoms with van der Waals surface area (Å²) < 4.78 is 9.51. The van der Waals surface area contributed by atoms with Crippen molar-refractivity contribution in [2.45, 2.75) is 20.3 Å². The van der Waals surface area contributed by atoms with Crippen LogP contribution in [0, 0.1) is 0 Å². The van der Waals surface area contributed by atoms with Crippen molar-refractivity contribution in [2.75, 3.05) is 6.61 Å². The van der Waals surface area contributed by atoms with Gasteiger partial charge in [0, 0.05) is 12.5 Å². The van der Waals surface area contributed by atoms with Crippen LogP contribution in [0.15, 0.2) is 24.3 Å². The zero-order valence-corrected chi connectivity index (χ0v) is 10.3. The molecule has 0 radical (unpaired) electrons. The quantitative estimate of drug-likeness (QED) is 0.344. The van der Waals surface area contributed by atoms with E-state index in [1.54, 1.807) is 6.92 Å². The van der Waals surface area contributed by atoms with Gasteiger partial charge in [0.25, 0.3) is 0 Å². The molecule has 18 heavy (non-hydrogen) atoms. The first-order chi connectivity index (χ1) is 8.52. The minimum atomic E-state index is -0.549. The highest BCUT2D eigenvalue weighted by Crippen LogP contribution is 2.13. The van der Waals surface area contributed by atoms with Gasteiger partial charge in [-0.15, -0.1) is 0 Å². The van der Waals surface area contributed by atoms with Gasteiger partial charge in [-0.3, -0.25) is 14.4 Å². The second-order valence-corrected chi connectivity index (χ2v) is 3.52. The molecule has 0 N–H and O–H groups in total. The van der Waals surface area contributed by atoms with Crippen LogP contribution in [0.25, 0.3) is 0 Å². The smallest absolute Gasteiger partial charge is 0.313 e. The van der Waals surface area contributed by atoms with Crippen molar-refractivity contribution in [3.63, 3.8) is 0 Å². The van der Waals surface area contributed by atoms with E-state index in [1.807, 2.05) is 0 Å². The molecule has 5 heteroatoms. The van der Waals surface area contributed by atoms with Crippen molar-refractivity contribution >= 4 is 17.7 Å². The van der Waals surface area contributed by atoms with E-state index in [0.717, 1.165) is 0 Å². The molecular formula is C13H14O5. The Bertz CT molecular complexity index is 447. The summed E-state index contributed by atoms with van der Waals surface area (Å²) in [5.74, 6) is -0.954. The second-order valence-electron chi connectivity index (χ2n) is 3.52. The lowest BCUT2D eigenvalue weighted by atomic mass is 10.1. The minimum Gasteiger partial charge on any atom is -0.466 e. The van der Waals surface area contributed by atoms with Gasteiger partial charge >= 0.3 is 11.9 Å². The summed E-state index contributed by atoms with van der Waals surface area (Å²) in [6.45, 7) is 3.22. The van der Waals surface area contributed by atoms with E-state index in [-0.39, 0.29) is 18.8 Å². The number of hydrogen-bond donors (Lipinski definition) is 0.